The molecule has 1 atom stereocenters. The van der Waals surface area contributed by atoms with Crippen molar-refractivity contribution in [3.63, 3.8) is 0 Å². The van der Waals surface area contributed by atoms with Crippen molar-refractivity contribution in [3.05, 3.63) is 18.2 Å². The van der Waals surface area contributed by atoms with Crippen molar-refractivity contribution < 1.29 is 8.42 Å². The lowest BCUT2D eigenvalue weighted by Crippen LogP contribution is -2.31. The Labute approximate surface area is 121 Å². The Morgan fingerprint density at radius 3 is 2.55 bits per heavy atom. The maximum Gasteiger partial charge on any atom is 0.240 e. The van der Waals surface area contributed by atoms with E-state index in [0.717, 1.165) is 0 Å². The highest BCUT2D eigenvalue weighted by Gasteiger charge is 2.14. The van der Waals surface area contributed by atoms with Gasteiger partial charge in [0, 0.05) is 19.1 Å². The quantitative estimate of drug-likeness (QED) is 0.652. The van der Waals surface area contributed by atoms with Crippen LogP contribution < -0.4 is 15.8 Å². The predicted octanol–water partition coefficient (Wildman–Crippen LogP) is 0.929. The van der Waals surface area contributed by atoms with Crippen LogP contribution in [0.2, 0.25) is 0 Å². The van der Waals surface area contributed by atoms with E-state index in [2.05, 4.69) is 21.9 Å². The summed E-state index contributed by atoms with van der Waals surface area (Å²) in [6.45, 7) is 4.85. The molecule has 4 N–H and O–H groups in total. The molecular weight excluding hydrogens is 276 g/mol. The highest BCUT2D eigenvalue weighted by molar-refractivity contribution is 7.89. The number of hydrogen-bond donors (Lipinski definition) is 3. The van der Waals surface area contributed by atoms with Crippen molar-refractivity contribution in [3.8, 4) is 0 Å². The van der Waals surface area contributed by atoms with Gasteiger partial charge in [-0.3, -0.25) is 0 Å². The minimum absolute atomic E-state index is 0.216. The van der Waals surface area contributed by atoms with Gasteiger partial charge in [0.05, 0.1) is 16.3 Å². The van der Waals surface area contributed by atoms with Crippen LogP contribution in [0, 0.1) is 0 Å². The summed E-state index contributed by atoms with van der Waals surface area (Å²) < 4.78 is 26.4. The van der Waals surface area contributed by atoms with Gasteiger partial charge < -0.3 is 16.0 Å². The second-order valence-corrected chi connectivity index (χ2v) is 6.71. The third kappa shape index (κ3) is 4.36. The van der Waals surface area contributed by atoms with Crippen LogP contribution in [0.25, 0.3) is 0 Å². The third-order valence-corrected chi connectivity index (χ3v) is 4.68. The zero-order valence-electron chi connectivity index (χ0n) is 12.5. The fourth-order valence-electron chi connectivity index (χ4n) is 1.57. The molecule has 0 saturated carbocycles. The molecule has 114 valence electrons. The second kappa shape index (κ2) is 6.92. The standard InChI is InChI=1S/C13H24N4O2S/c1-5-16-20(18,19)11-6-7-12(14)13(8-11)15-9-10(2)17(3)4/h6-8,10,15-16H,5,9,14H2,1-4H3. The lowest BCUT2D eigenvalue weighted by Gasteiger charge is -2.21. The van der Waals surface area contributed by atoms with Gasteiger partial charge in [0.25, 0.3) is 0 Å². The van der Waals surface area contributed by atoms with E-state index in [9.17, 15) is 8.42 Å². The van der Waals surface area contributed by atoms with Crippen molar-refractivity contribution in [2.45, 2.75) is 24.8 Å². The van der Waals surface area contributed by atoms with Crippen LogP contribution >= 0.6 is 0 Å². The molecule has 0 heterocycles. The van der Waals surface area contributed by atoms with Gasteiger partial charge in [0.1, 0.15) is 0 Å². The smallest absolute Gasteiger partial charge is 0.240 e. The molecule has 0 aromatic heterocycles. The van der Waals surface area contributed by atoms with Crippen molar-refractivity contribution >= 4 is 21.4 Å². The van der Waals surface area contributed by atoms with Gasteiger partial charge in [-0.25, -0.2) is 13.1 Å². The molecule has 0 aliphatic rings. The molecular formula is C13H24N4O2S. The third-order valence-electron chi connectivity index (χ3n) is 3.14. The van der Waals surface area contributed by atoms with E-state index in [1.807, 2.05) is 14.1 Å². The van der Waals surface area contributed by atoms with E-state index in [1.54, 1.807) is 19.1 Å². The first-order valence-corrected chi connectivity index (χ1v) is 8.05. The summed E-state index contributed by atoms with van der Waals surface area (Å²) >= 11 is 0. The zero-order chi connectivity index (χ0) is 15.3. The summed E-state index contributed by atoms with van der Waals surface area (Å²) in [5.41, 5.74) is 7.05. The molecule has 0 amide bonds. The molecule has 0 fully saturated rings. The average Bonchev–Trinajstić information content (AvgIpc) is 2.36. The molecule has 0 bridgehead atoms. The predicted molar refractivity (Wildman–Crippen MR) is 83.4 cm³/mol. The normalized spacial score (nSPS) is 13.4. The Hall–Kier alpha value is -1.31. The monoisotopic (exact) mass is 300 g/mol. The Kier molecular flexibility index (Phi) is 5.79. The highest BCUT2D eigenvalue weighted by atomic mass is 32.2. The highest BCUT2D eigenvalue weighted by Crippen LogP contribution is 2.22. The Morgan fingerprint density at radius 1 is 1.35 bits per heavy atom. The van der Waals surface area contributed by atoms with Crippen LogP contribution in [0.1, 0.15) is 13.8 Å². The van der Waals surface area contributed by atoms with Crippen LogP contribution in [0.5, 0.6) is 0 Å². The zero-order valence-corrected chi connectivity index (χ0v) is 13.3. The lowest BCUT2D eigenvalue weighted by molar-refractivity contribution is 0.326. The van der Waals surface area contributed by atoms with Crippen molar-refractivity contribution in [1.82, 2.24) is 9.62 Å². The molecule has 1 aromatic carbocycles. The molecule has 0 spiro atoms. The second-order valence-electron chi connectivity index (χ2n) is 4.94. The van der Waals surface area contributed by atoms with Gasteiger partial charge in [-0.1, -0.05) is 6.92 Å². The van der Waals surface area contributed by atoms with Crippen LogP contribution in [-0.2, 0) is 10.0 Å². The van der Waals surface area contributed by atoms with Crippen LogP contribution in [-0.4, -0.2) is 46.5 Å². The molecule has 1 aromatic rings. The van der Waals surface area contributed by atoms with Crippen molar-refractivity contribution in [1.29, 1.82) is 0 Å². The molecule has 0 aliphatic carbocycles. The SMILES string of the molecule is CCNS(=O)(=O)c1ccc(N)c(NCC(C)N(C)C)c1. The average molecular weight is 300 g/mol. The van der Waals surface area contributed by atoms with Crippen LogP contribution in [0.4, 0.5) is 11.4 Å². The molecule has 0 radical (unpaired) electrons. The maximum absolute atomic E-state index is 12.0. The number of rotatable bonds is 7. The summed E-state index contributed by atoms with van der Waals surface area (Å²) in [7, 11) is 0.515. The molecule has 1 unspecified atom stereocenters. The molecule has 20 heavy (non-hydrogen) atoms. The molecule has 7 heteroatoms. The molecule has 0 aliphatic heterocycles. The minimum Gasteiger partial charge on any atom is -0.397 e. The van der Waals surface area contributed by atoms with Gasteiger partial charge in [0.2, 0.25) is 10.0 Å². The first-order valence-electron chi connectivity index (χ1n) is 6.57. The van der Waals surface area contributed by atoms with E-state index in [0.29, 0.717) is 30.5 Å². The summed E-state index contributed by atoms with van der Waals surface area (Å²) in [5.74, 6) is 0. The molecule has 1 rings (SSSR count). The fraction of sp³-hybridized carbons (Fsp3) is 0.538. The van der Waals surface area contributed by atoms with Gasteiger partial charge in [-0.2, -0.15) is 0 Å². The number of nitrogens with two attached hydrogens (primary N) is 1. The number of sulfonamides is 1. The van der Waals surface area contributed by atoms with Crippen LogP contribution in [0.15, 0.2) is 23.1 Å². The number of benzene rings is 1. The van der Waals surface area contributed by atoms with E-state index in [4.69, 9.17) is 5.73 Å². The Morgan fingerprint density at radius 2 is 2.00 bits per heavy atom. The number of nitrogen functional groups attached to an aromatic ring is 1. The summed E-state index contributed by atoms with van der Waals surface area (Å²) in [5, 5.41) is 3.19. The maximum atomic E-state index is 12.0. The van der Waals surface area contributed by atoms with Gasteiger partial charge in [0.15, 0.2) is 0 Å². The van der Waals surface area contributed by atoms with Gasteiger partial charge in [-0.15, -0.1) is 0 Å². The first kappa shape index (κ1) is 16.7. The Balaban J connectivity index is 2.93. The van der Waals surface area contributed by atoms with Crippen LogP contribution in [0.3, 0.4) is 0 Å². The van der Waals surface area contributed by atoms with Crippen molar-refractivity contribution in [2.24, 2.45) is 0 Å². The summed E-state index contributed by atoms with van der Waals surface area (Å²) in [6, 6.07) is 4.99. The Bertz CT molecular complexity index is 543. The molecule has 0 saturated heterocycles. The number of hydrogen-bond acceptors (Lipinski definition) is 5. The van der Waals surface area contributed by atoms with E-state index >= 15 is 0 Å². The number of nitrogens with zero attached hydrogens (tertiary/aromatic N) is 1. The number of anilines is 2. The molecule has 6 nitrogen and oxygen atoms in total. The van der Waals surface area contributed by atoms with Gasteiger partial charge in [-0.05, 0) is 39.2 Å². The minimum atomic E-state index is -3.46. The van der Waals surface area contributed by atoms with Crippen molar-refractivity contribution in [2.75, 3.05) is 38.2 Å². The van der Waals surface area contributed by atoms with E-state index in [1.165, 1.54) is 6.07 Å². The first-order chi connectivity index (χ1) is 9.27. The number of likely N-dealkylation sites (N-methyl/N-ethyl adjacent to an activating group) is 1. The lowest BCUT2D eigenvalue weighted by atomic mass is 10.2. The van der Waals surface area contributed by atoms with Gasteiger partial charge >= 0.3 is 0 Å². The van der Waals surface area contributed by atoms with E-state index < -0.39 is 10.0 Å². The largest absolute Gasteiger partial charge is 0.397 e. The topological polar surface area (TPSA) is 87.5 Å². The fourth-order valence-corrected chi connectivity index (χ4v) is 2.64. The summed E-state index contributed by atoms with van der Waals surface area (Å²) in [4.78, 5) is 2.29. The number of nitrogens with one attached hydrogen (secondary N) is 2. The summed E-state index contributed by atoms with van der Waals surface area (Å²) in [6.07, 6.45) is 0. The van der Waals surface area contributed by atoms with E-state index in [-0.39, 0.29) is 4.90 Å².